The van der Waals surface area contributed by atoms with E-state index in [1.807, 2.05) is 44.1 Å². The average Bonchev–Trinajstić information content (AvgIpc) is 2.15. The molecule has 0 aromatic heterocycles. The Bertz CT molecular complexity index is 389. The molecule has 1 rings (SSSR count). The molecular weight excluding hydrogens is 255 g/mol. The summed E-state index contributed by atoms with van der Waals surface area (Å²) in [5.41, 5.74) is 9.20. The van der Waals surface area contributed by atoms with Gasteiger partial charge in [0.05, 0.1) is 0 Å². The molecule has 0 aliphatic heterocycles. The summed E-state index contributed by atoms with van der Waals surface area (Å²) in [6.07, 6.45) is 0.765. The van der Waals surface area contributed by atoms with Gasteiger partial charge in [-0.3, -0.25) is 0 Å². The Morgan fingerprint density at radius 1 is 1.47 bits per heavy atom. The van der Waals surface area contributed by atoms with Crippen molar-refractivity contribution < 1.29 is 0 Å². The molecule has 17 heavy (non-hydrogen) atoms. The zero-order valence-corrected chi connectivity index (χ0v) is 12.1. The Labute approximate surface area is 115 Å². The highest BCUT2D eigenvalue weighted by Crippen LogP contribution is 2.28. The number of halogens is 2. The predicted molar refractivity (Wildman–Crippen MR) is 79.4 cm³/mol. The number of nitrogens with zero attached hydrogens (tertiary/aromatic N) is 1. The first-order valence-electron chi connectivity index (χ1n) is 5.28. The minimum Gasteiger partial charge on any atom is -0.378 e. The van der Waals surface area contributed by atoms with Crippen LogP contribution in [0.1, 0.15) is 24.9 Å². The molecule has 4 heteroatoms. The molecule has 0 amide bonds. The smallest absolute Gasteiger partial charge is 0.0474 e. The van der Waals surface area contributed by atoms with Gasteiger partial charge in [0.2, 0.25) is 0 Å². The Morgan fingerprint density at radius 2 is 2.06 bits per heavy atom. The second-order valence-electron chi connectivity index (χ2n) is 4.37. The van der Waals surface area contributed by atoms with Crippen LogP contribution in [0.15, 0.2) is 30.4 Å². The van der Waals surface area contributed by atoms with Gasteiger partial charge in [-0.1, -0.05) is 23.2 Å². The van der Waals surface area contributed by atoms with Crippen molar-refractivity contribution >= 4 is 29.7 Å². The molecular formula is C13H20Cl2N2. The second kappa shape index (κ2) is 6.90. The van der Waals surface area contributed by atoms with E-state index in [2.05, 4.69) is 6.58 Å². The van der Waals surface area contributed by atoms with E-state index in [1.54, 1.807) is 0 Å². The average molecular weight is 275 g/mol. The van der Waals surface area contributed by atoms with E-state index in [0.717, 1.165) is 28.3 Å². The molecule has 0 saturated carbocycles. The SMILES string of the molecule is C=C(C)C[C@@H](N)c1ccc(N(C)C)cc1Cl.Cl. The quantitative estimate of drug-likeness (QED) is 0.847. The third-order valence-electron chi connectivity index (χ3n) is 2.47. The highest BCUT2D eigenvalue weighted by Gasteiger charge is 2.11. The molecule has 0 aliphatic rings. The Hall–Kier alpha value is -0.700. The maximum Gasteiger partial charge on any atom is 0.0474 e. The van der Waals surface area contributed by atoms with E-state index in [4.69, 9.17) is 17.3 Å². The molecule has 2 N–H and O–H groups in total. The lowest BCUT2D eigenvalue weighted by Gasteiger charge is -2.17. The topological polar surface area (TPSA) is 29.3 Å². The van der Waals surface area contributed by atoms with Crippen molar-refractivity contribution in [3.63, 3.8) is 0 Å². The highest BCUT2D eigenvalue weighted by molar-refractivity contribution is 6.31. The first-order chi connectivity index (χ1) is 7.41. The molecule has 1 aromatic carbocycles. The van der Waals surface area contributed by atoms with Gasteiger partial charge >= 0.3 is 0 Å². The van der Waals surface area contributed by atoms with Gasteiger partial charge in [-0.2, -0.15) is 0 Å². The second-order valence-corrected chi connectivity index (χ2v) is 4.78. The van der Waals surface area contributed by atoms with Crippen LogP contribution in [0, 0.1) is 0 Å². The molecule has 0 saturated heterocycles. The molecule has 0 bridgehead atoms. The lowest BCUT2D eigenvalue weighted by Crippen LogP contribution is -2.13. The van der Waals surface area contributed by atoms with Crippen LogP contribution in [-0.2, 0) is 0 Å². The zero-order chi connectivity index (χ0) is 12.3. The van der Waals surface area contributed by atoms with Gasteiger partial charge in [0, 0.05) is 30.8 Å². The van der Waals surface area contributed by atoms with E-state index < -0.39 is 0 Å². The lowest BCUT2D eigenvalue weighted by atomic mass is 10.0. The fourth-order valence-corrected chi connectivity index (χ4v) is 1.90. The summed E-state index contributed by atoms with van der Waals surface area (Å²) < 4.78 is 0. The third kappa shape index (κ3) is 4.58. The Morgan fingerprint density at radius 3 is 2.47 bits per heavy atom. The van der Waals surface area contributed by atoms with Crippen LogP contribution in [0.4, 0.5) is 5.69 Å². The van der Waals surface area contributed by atoms with E-state index in [-0.39, 0.29) is 18.4 Å². The van der Waals surface area contributed by atoms with Crippen LogP contribution in [0.25, 0.3) is 0 Å². The Balaban J connectivity index is 0.00000256. The van der Waals surface area contributed by atoms with Crippen LogP contribution in [0.2, 0.25) is 5.02 Å². The van der Waals surface area contributed by atoms with Gasteiger partial charge in [0.1, 0.15) is 0 Å². The third-order valence-corrected chi connectivity index (χ3v) is 2.80. The molecule has 1 aromatic rings. The van der Waals surface area contributed by atoms with Crippen LogP contribution < -0.4 is 10.6 Å². The van der Waals surface area contributed by atoms with E-state index >= 15 is 0 Å². The van der Waals surface area contributed by atoms with Crippen LogP contribution in [0.3, 0.4) is 0 Å². The maximum atomic E-state index is 6.22. The summed E-state index contributed by atoms with van der Waals surface area (Å²) in [7, 11) is 3.97. The van der Waals surface area contributed by atoms with Gasteiger partial charge < -0.3 is 10.6 Å². The Kier molecular flexibility index (Phi) is 6.61. The zero-order valence-electron chi connectivity index (χ0n) is 10.5. The molecule has 0 heterocycles. The van der Waals surface area contributed by atoms with Crippen molar-refractivity contribution in [2.24, 2.45) is 5.73 Å². The highest BCUT2D eigenvalue weighted by atomic mass is 35.5. The van der Waals surface area contributed by atoms with Gasteiger partial charge in [0.25, 0.3) is 0 Å². The number of hydrogen-bond acceptors (Lipinski definition) is 2. The largest absolute Gasteiger partial charge is 0.378 e. The standard InChI is InChI=1S/C13H19ClN2.ClH/c1-9(2)7-13(15)11-6-5-10(16(3)4)8-12(11)14;/h5-6,8,13H,1,7,15H2,2-4H3;1H/t13-;/m1./s1. The van der Waals surface area contributed by atoms with Gasteiger partial charge in [0.15, 0.2) is 0 Å². The fourth-order valence-electron chi connectivity index (χ4n) is 1.58. The first kappa shape index (κ1) is 16.3. The maximum absolute atomic E-state index is 6.22. The number of rotatable bonds is 4. The van der Waals surface area contributed by atoms with Crippen LogP contribution in [-0.4, -0.2) is 14.1 Å². The summed E-state index contributed by atoms with van der Waals surface area (Å²) in [4.78, 5) is 2.01. The lowest BCUT2D eigenvalue weighted by molar-refractivity contribution is 0.717. The van der Waals surface area contributed by atoms with Crippen LogP contribution in [0.5, 0.6) is 0 Å². The fraction of sp³-hybridized carbons (Fsp3) is 0.385. The van der Waals surface area contributed by atoms with Gasteiger partial charge in [-0.15, -0.1) is 19.0 Å². The van der Waals surface area contributed by atoms with Gasteiger partial charge in [-0.05, 0) is 31.0 Å². The molecule has 0 unspecified atom stereocenters. The normalized spacial score (nSPS) is 11.6. The molecule has 0 fully saturated rings. The van der Waals surface area contributed by atoms with Crippen molar-refractivity contribution in [3.05, 3.63) is 40.9 Å². The number of anilines is 1. The predicted octanol–water partition coefficient (Wildman–Crippen LogP) is 3.79. The minimum absolute atomic E-state index is 0. The van der Waals surface area contributed by atoms with Crippen molar-refractivity contribution in [1.29, 1.82) is 0 Å². The summed E-state index contributed by atoms with van der Waals surface area (Å²) >= 11 is 6.22. The van der Waals surface area contributed by atoms with E-state index in [1.165, 1.54) is 0 Å². The molecule has 0 aliphatic carbocycles. The first-order valence-corrected chi connectivity index (χ1v) is 5.66. The van der Waals surface area contributed by atoms with Gasteiger partial charge in [-0.25, -0.2) is 0 Å². The van der Waals surface area contributed by atoms with Crippen molar-refractivity contribution in [1.82, 2.24) is 0 Å². The molecule has 96 valence electrons. The van der Waals surface area contributed by atoms with Crippen molar-refractivity contribution in [2.45, 2.75) is 19.4 Å². The molecule has 1 atom stereocenters. The van der Waals surface area contributed by atoms with E-state index in [0.29, 0.717) is 0 Å². The monoisotopic (exact) mass is 274 g/mol. The molecule has 0 radical (unpaired) electrons. The summed E-state index contributed by atoms with van der Waals surface area (Å²) in [6.45, 7) is 5.84. The minimum atomic E-state index is -0.0683. The van der Waals surface area contributed by atoms with E-state index in [9.17, 15) is 0 Å². The summed E-state index contributed by atoms with van der Waals surface area (Å²) in [5, 5.41) is 0.722. The molecule has 0 spiro atoms. The summed E-state index contributed by atoms with van der Waals surface area (Å²) in [6, 6.07) is 5.89. The molecule has 2 nitrogen and oxygen atoms in total. The number of nitrogens with two attached hydrogens (primary N) is 1. The van der Waals surface area contributed by atoms with Crippen LogP contribution >= 0.6 is 24.0 Å². The number of hydrogen-bond donors (Lipinski definition) is 1. The van der Waals surface area contributed by atoms with Crippen molar-refractivity contribution in [2.75, 3.05) is 19.0 Å². The number of benzene rings is 1. The summed E-state index contributed by atoms with van der Waals surface area (Å²) in [5.74, 6) is 0. The van der Waals surface area contributed by atoms with Crippen molar-refractivity contribution in [3.8, 4) is 0 Å².